The SMILES string of the molecule is CC1(N)CNCCNCC(C)(N)CNCCNC1.[O-][Cl+3]([O-])([O-])[O-].[O-][Cl+3]([O-])([O-])[O-].[Zn+2]. The molecule has 0 saturated carbocycles. The van der Waals surface area contributed by atoms with Crippen LogP contribution in [0.25, 0.3) is 0 Å². The van der Waals surface area contributed by atoms with Crippen molar-refractivity contribution in [2.45, 2.75) is 24.9 Å². The molecule has 0 aromatic heterocycles. The predicted molar refractivity (Wildman–Crippen MR) is 76.7 cm³/mol. The van der Waals surface area contributed by atoms with Gasteiger partial charge < -0.3 is 32.7 Å². The van der Waals surface area contributed by atoms with Crippen molar-refractivity contribution in [1.29, 1.82) is 0 Å². The molecule has 1 heterocycles. The van der Waals surface area contributed by atoms with E-state index in [0.717, 1.165) is 52.4 Å². The Morgan fingerprint density at radius 1 is 0.552 bits per heavy atom. The van der Waals surface area contributed by atoms with E-state index in [4.69, 9.17) is 48.7 Å². The van der Waals surface area contributed by atoms with Gasteiger partial charge in [-0.05, 0) is 13.8 Å². The molecular formula is C12H30Cl2N6O8Zn. The summed E-state index contributed by atoms with van der Waals surface area (Å²) < 4.78 is 67.9. The quantitative estimate of drug-likeness (QED) is 0.161. The van der Waals surface area contributed by atoms with Crippen molar-refractivity contribution < 1.29 is 77.2 Å². The predicted octanol–water partition coefficient (Wildman–Crippen LogP) is -11.7. The summed E-state index contributed by atoms with van der Waals surface area (Å²) in [5, 5.41) is 13.5. The van der Waals surface area contributed by atoms with Gasteiger partial charge in [-0.25, -0.2) is 37.3 Å². The van der Waals surface area contributed by atoms with Crippen molar-refractivity contribution in [2.75, 3.05) is 52.4 Å². The van der Waals surface area contributed by atoms with Gasteiger partial charge in [0.1, 0.15) is 0 Å². The number of nitrogens with two attached hydrogens (primary N) is 2. The molecule has 17 heteroatoms. The zero-order valence-electron chi connectivity index (χ0n) is 16.5. The maximum Gasteiger partial charge on any atom is 2.00 e. The molecule has 1 aliphatic heterocycles. The van der Waals surface area contributed by atoms with Crippen LogP contribution in [0, 0.1) is 20.5 Å². The van der Waals surface area contributed by atoms with E-state index in [1.54, 1.807) is 0 Å². The monoisotopic (exact) mass is 520 g/mol. The third-order valence-corrected chi connectivity index (χ3v) is 3.07. The molecule has 0 amide bonds. The Morgan fingerprint density at radius 3 is 0.828 bits per heavy atom. The molecule has 1 saturated heterocycles. The third-order valence-electron chi connectivity index (χ3n) is 3.07. The normalized spacial score (nSPS) is 27.7. The third kappa shape index (κ3) is 39.7. The van der Waals surface area contributed by atoms with Crippen LogP contribution in [0.3, 0.4) is 0 Å². The smallest absolute Gasteiger partial charge is 0.323 e. The summed E-state index contributed by atoms with van der Waals surface area (Å²) in [6, 6.07) is 0. The summed E-state index contributed by atoms with van der Waals surface area (Å²) in [6.07, 6.45) is 0. The van der Waals surface area contributed by atoms with E-state index >= 15 is 0 Å². The molecule has 8 N–H and O–H groups in total. The van der Waals surface area contributed by atoms with Crippen molar-refractivity contribution in [3.05, 3.63) is 0 Å². The van der Waals surface area contributed by atoms with Crippen molar-refractivity contribution >= 4 is 0 Å². The van der Waals surface area contributed by atoms with Gasteiger partial charge in [0.25, 0.3) is 0 Å². The first-order valence-electron chi connectivity index (χ1n) is 8.05. The van der Waals surface area contributed by atoms with Gasteiger partial charge in [-0.1, -0.05) is 0 Å². The molecule has 1 aliphatic rings. The Morgan fingerprint density at radius 2 is 0.690 bits per heavy atom. The van der Waals surface area contributed by atoms with Crippen LogP contribution in [0.5, 0.6) is 0 Å². The van der Waals surface area contributed by atoms with E-state index in [1.165, 1.54) is 0 Å². The standard InChI is InChI=1S/C12H30N6.2ClHO4.Zn/c1-11(13)7-15-3-5-17-9-12(2,14)10-18-6-4-16-8-11;2*2-1(3,4)5;/h15-18H,3-10,13-14H2,1-2H3;2*(H,2,3,4,5);/q;;;+2/p-2. The molecule has 0 atom stereocenters. The van der Waals surface area contributed by atoms with Gasteiger partial charge in [0, 0.05) is 63.4 Å². The van der Waals surface area contributed by atoms with E-state index < -0.39 is 20.5 Å². The van der Waals surface area contributed by atoms with Gasteiger partial charge in [-0.3, -0.25) is 0 Å². The molecule has 0 radical (unpaired) electrons. The van der Waals surface area contributed by atoms with Gasteiger partial charge in [-0.15, -0.1) is 20.5 Å². The number of nitrogens with one attached hydrogen (secondary N) is 4. The molecule has 0 spiro atoms. The molecule has 0 unspecified atom stereocenters. The average molecular weight is 523 g/mol. The topological polar surface area (TPSA) is 285 Å². The first-order chi connectivity index (χ1) is 12.4. The van der Waals surface area contributed by atoms with E-state index in [-0.39, 0.29) is 30.6 Å². The Kier molecular flexibility index (Phi) is 19.3. The number of halogens is 2. The van der Waals surface area contributed by atoms with Crippen LogP contribution in [0.4, 0.5) is 0 Å². The zero-order chi connectivity index (χ0) is 22.5. The van der Waals surface area contributed by atoms with Gasteiger partial charge >= 0.3 is 19.5 Å². The molecule has 0 bridgehead atoms. The fourth-order valence-corrected chi connectivity index (χ4v) is 1.97. The van der Waals surface area contributed by atoms with Crippen molar-refractivity contribution in [1.82, 2.24) is 21.3 Å². The maximum atomic E-state index is 8.49. The second kappa shape index (κ2) is 16.3. The van der Waals surface area contributed by atoms with Crippen LogP contribution in [-0.4, -0.2) is 63.4 Å². The Labute approximate surface area is 187 Å². The summed E-state index contributed by atoms with van der Waals surface area (Å²) in [5.41, 5.74) is 12.0. The number of hydrogen-bond acceptors (Lipinski definition) is 14. The Hall–Kier alpha value is 0.643. The zero-order valence-corrected chi connectivity index (χ0v) is 21.0. The Balaban J connectivity index is -0.000000512. The van der Waals surface area contributed by atoms with Crippen LogP contribution in [-0.2, 0) is 19.5 Å². The van der Waals surface area contributed by atoms with Crippen LogP contribution < -0.4 is 70.0 Å². The molecule has 1 fully saturated rings. The summed E-state index contributed by atoms with van der Waals surface area (Å²) in [4.78, 5) is 0. The van der Waals surface area contributed by atoms with Crippen LogP contribution in [0.2, 0.25) is 0 Å². The van der Waals surface area contributed by atoms with E-state index in [9.17, 15) is 0 Å². The number of rotatable bonds is 0. The Bertz CT molecular complexity index is 334. The first-order valence-corrected chi connectivity index (χ1v) is 10.5. The second-order valence-corrected chi connectivity index (χ2v) is 8.28. The maximum absolute atomic E-state index is 8.49. The van der Waals surface area contributed by atoms with Gasteiger partial charge in [0.2, 0.25) is 0 Å². The molecule has 0 aromatic carbocycles. The molecule has 14 nitrogen and oxygen atoms in total. The van der Waals surface area contributed by atoms with Gasteiger partial charge in [0.05, 0.1) is 0 Å². The van der Waals surface area contributed by atoms with Crippen molar-refractivity contribution in [3.8, 4) is 0 Å². The van der Waals surface area contributed by atoms with E-state index in [0.29, 0.717) is 0 Å². The van der Waals surface area contributed by atoms with Gasteiger partial charge in [-0.2, -0.15) is 0 Å². The van der Waals surface area contributed by atoms with Crippen LogP contribution in [0.1, 0.15) is 13.8 Å². The second-order valence-electron chi connectivity index (χ2n) is 6.77. The van der Waals surface area contributed by atoms with Crippen molar-refractivity contribution in [2.24, 2.45) is 11.5 Å². The van der Waals surface area contributed by atoms with Gasteiger partial charge in [0.15, 0.2) is 0 Å². The molecule has 29 heavy (non-hydrogen) atoms. The minimum absolute atomic E-state index is 0. The molecule has 1 rings (SSSR count). The largest absolute Gasteiger partial charge is 2.00 e. The first kappa shape index (κ1) is 34.3. The molecule has 0 aliphatic carbocycles. The summed E-state index contributed by atoms with van der Waals surface area (Å²) in [7, 11) is -9.89. The molecule has 0 aromatic rings. The summed E-state index contributed by atoms with van der Waals surface area (Å²) in [6.45, 7) is 11.0. The fraction of sp³-hybridized carbons (Fsp3) is 1.00. The van der Waals surface area contributed by atoms with Crippen LogP contribution in [0.15, 0.2) is 0 Å². The minimum atomic E-state index is -4.94. The number of hydrogen-bond donors (Lipinski definition) is 6. The van der Waals surface area contributed by atoms with E-state index in [1.807, 2.05) is 0 Å². The summed E-state index contributed by atoms with van der Waals surface area (Å²) in [5.74, 6) is 0. The molecule has 172 valence electrons. The average Bonchev–Trinajstić information content (AvgIpc) is 2.42. The molecular weight excluding hydrogens is 492 g/mol. The summed E-state index contributed by atoms with van der Waals surface area (Å²) >= 11 is 0. The van der Waals surface area contributed by atoms with E-state index in [2.05, 4.69) is 35.1 Å². The van der Waals surface area contributed by atoms with Crippen LogP contribution >= 0.6 is 0 Å². The van der Waals surface area contributed by atoms with Crippen molar-refractivity contribution in [3.63, 3.8) is 0 Å². The fourth-order valence-electron chi connectivity index (χ4n) is 1.97. The minimum Gasteiger partial charge on any atom is -0.323 e.